The van der Waals surface area contributed by atoms with Gasteiger partial charge in [0.25, 0.3) is 0 Å². The van der Waals surface area contributed by atoms with Crippen LogP contribution in [0.2, 0.25) is 18.1 Å². The average Bonchev–Trinajstić information content (AvgIpc) is 2.57. The summed E-state index contributed by atoms with van der Waals surface area (Å²) in [5.41, 5.74) is 3.76. The Balaban J connectivity index is 1.66. The standard InChI is InChI=1S/C20H25FSi/c1-2-13-22-14-11-19(12-15-22)17-5-3-16(4-6-17)18-7-9-20(21)10-8-18/h3-10,19,22H,2,11-15H2,1H3/t19-,22-. The number of benzene rings is 2. The van der Waals surface area contributed by atoms with Gasteiger partial charge in [0, 0.05) is 8.80 Å². The lowest BCUT2D eigenvalue weighted by molar-refractivity contribution is 0.606. The first kappa shape index (κ1) is 15.5. The predicted octanol–water partition coefficient (Wildman–Crippen LogP) is 6.01. The van der Waals surface area contributed by atoms with Crippen LogP contribution in [-0.4, -0.2) is 8.80 Å². The van der Waals surface area contributed by atoms with Gasteiger partial charge in [0.1, 0.15) is 5.82 Å². The fourth-order valence-corrected chi connectivity index (χ4v) is 7.21. The van der Waals surface area contributed by atoms with Crippen molar-refractivity contribution in [2.24, 2.45) is 0 Å². The van der Waals surface area contributed by atoms with Gasteiger partial charge in [-0.2, -0.15) is 0 Å². The van der Waals surface area contributed by atoms with E-state index in [-0.39, 0.29) is 14.6 Å². The molecule has 0 amide bonds. The normalized spacial score (nSPS) is 21.7. The Hall–Kier alpha value is -1.41. The Morgan fingerprint density at radius 2 is 1.45 bits per heavy atom. The van der Waals surface area contributed by atoms with E-state index in [4.69, 9.17) is 0 Å². The van der Waals surface area contributed by atoms with Crippen LogP contribution < -0.4 is 0 Å². The zero-order chi connectivity index (χ0) is 15.4. The van der Waals surface area contributed by atoms with Crippen molar-refractivity contribution in [3.8, 4) is 11.1 Å². The van der Waals surface area contributed by atoms with Crippen molar-refractivity contribution in [2.45, 2.75) is 50.2 Å². The smallest absolute Gasteiger partial charge is 0.123 e. The van der Waals surface area contributed by atoms with Crippen molar-refractivity contribution in [1.82, 2.24) is 0 Å². The van der Waals surface area contributed by atoms with E-state index in [0.29, 0.717) is 0 Å². The molecule has 0 unspecified atom stereocenters. The maximum Gasteiger partial charge on any atom is 0.123 e. The summed E-state index contributed by atoms with van der Waals surface area (Å²) in [5.74, 6) is 0.594. The van der Waals surface area contributed by atoms with E-state index in [1.165, 1.54) is 60.7 Å². The molecule has 0 aromatic heterocycles. The van der Waals surface area contributed by atoms with Gasteiger partial charge in [0.2, 0.25) is 0 Å². The van der Waals surface area contributed by atoms with Crippen molar-refractivity contribution in [1.29, 1.82) is 0 Å². The molecule has 2 aromatic carbocycles. The summed E-state index contributed by atoms with van der Waals surface area (Å²) in [5, 5.41) is 0. The summed E-state index contributed by atoms with van der Waals surface area (Å²) in [7, 11) is -0.388. The molecule has 0 nitrogen and oxygen atoms in total. The quantitative estimate of drug-likeness (QED) is 0.607. The molecule has 1 heterocycles. The minimum atomic E-state index is -0.388. The number of hydrogen-bond donors (Lipinski definition) is 0. The molecule has 0 spiro atoms. The predicted molar refractivity (Wildman–Crippen MR) is 95.7 cm³/mol. The van der Waals surface area contributed by atoms with E-state index in [9.17, 15) is 4.39 Å². The molecule has 0 radical (unpaired) electrons. The maximum absolute atomic E-state index is 13.0. The first-order valence-corrected chi connectivity index (χ1v) is 11.1. The second-order valence-electron chi connectivity index (χ2n) is 6.64. The lowest BCUT2D eigenvalue weighted by atomic mass is 9.92. The van der Waals surface area contributed by atoms with Crippen LogP contribution in [0.3, 0.4) is 0 Å². The molecule has 2 heteroatoms. The Kier molecular flexibility index (Phi) is 5.09. The molecule has 0 aliphatic carbocycles. The summed E-state index contributed by atoms with van der Waals surface area (Å²) in [6.45, 7) is 2.33. The minimum Gasteiger partial charge on any atom is -0.207 e. The van der Waals surface area contributed by atoms with Crippen molar-refractivity contribution in [3.63, 3.8) is 0 Å². The van der Waals surface area contributed by atoms with Crippen LogP contribution in [0.1, 0.15) is 37.7 Å². The van der Waals surface area contributed by atoms with Gasteiger partial charge < -0.3 is 0 Å². The third kappa shape index (κ3) is 3.67. The lowest BCUT2D eigenvalue weighted by Crippen LogP contribution is -2.19. The van der Waals surface area contributed by atoms with Crippen molar-refractivity contribution >= 4 is 8.80 Å². The summed E-state index contributed by atoms with van der Waals surface area (Å²) in [6.07, 6.45) is 4.17. The SMILES string of the molecule is CCC[Si@H]1CC[C@H](c2ccc(-c3ccc(F)cc3)cc2)CC1. The second-order valence-corrected chi connectivity index (χ2v) is 10.1. The number of hydrogen-bond acceptors (Lipinski definition) is 0. The molecule has 22 heavy (non-hydrogen) atoms. The highest BCUT2D eigenvalue weighted by Gasteiger charge is 2.22. The van der Waals surface area contributed by atoms with Gasteiger partial charge in [-0.1, -0.05) is 67.9 Å². The van der Waals surface area contributed by atoms with Crippen LogP contribution in [0.15, 0.2) is 48.5 Å². The zero-order valence-corrected chi connectivity index (χ0v) is 14.5. The molecule has 1 fully saturated rings. The zero-order valence-electron chi connectivity index (χ0n) is 13.4. The Labute approximate surface area is 135 Å². The maximum atomic E-state index is 13.0. The van der Waals surface area contributed by atoms with E-state index >= 15 is 0 Å². The molecule has 0 saturated carbocycles. The monoisotopic (exact) mass is 312 g/mol. The highest BCUT2D eigenvalue weighted by Crippen LogP contribution is 2.35. The summed E-state index contributed by atoms with van der Waals surface area (Å²) in [4.78, 5) is 0. The van der Waals surface area contributed by atoms with Gasteiger partial charge in [-0.15, -0.1) is 0 Å². The Morgan fingerprint density at radius 3 is 2.00 bits per heavy atom. The van der Waals surface area contributed by atoms with Gasteiger partial charge in [-0.05, 0) is 47.6 Å². The van der Waals surface area contributed by atoms with E-state index in [1.807, 2.05) is 12.1 Å². The fourth-order valence-electron chi connectivity index (χ4n) is 3.78. The summed E-state index contributed by atoms with van der Waals surface area (Å²) < 4.78 is 13.0. The molecule has 1 aliphatic heterocycles. The highest BCUT2D eigenvalue weighted by atomic mass is 28.3. The van der Waals surface area contributed by atoms with E-state index in [0.717, 1.165) is 11.5 Å². The van der Waals surface area contributed by atoms with Crippen molar-refractivity contribution < 1.29 is 4.39 Å². The molecule has 116 valence electrons. The largest absolute Gasteiger partial charge is 0.207 e. The summed E-state index contributed by atoms with van der Waals surface area (Å²) >= 11 is 0. The molecule has 1 saturated heterocycles. The molecule has 3 rings (SSSR count). The van der Waals surface area contributed by atoms with Crippen LogP contribution in [0.5, 0.6) is 0 Å². The number of halogens is 1. The molecule has 1 aliphatic rings. The molecule has 0 atom stereocenters. The van der Waals surface area contributed by atoms with Crippen LogP contribution >= 0.6 is 0 Å². The Bertz CT molecular complexity index is 580. The van der Waals surface area contributed by atoms with Crippen LogP contribution in [0, 0.1) is 5.82 Å². The first-order valence-electron chi connectivity index (χ1n) is 8.62. The molecule has 0 N–H and O–H groups in total. The lowest BCUT2D eigenvalue weighted by Gasteiger charge is -2.27. The molecular weight excluding hydrogens is 287 g/mol. The number of rotatable bonds is 4. The van der Waals surface area contributed by atoms with E-state index in [2.05, 4.69) is 31.2 Å². The highest BCUT2D eigenvalue weighted by molar-refractivity contribution is 6.59. The minimum absolute atomic E-state index is 0.173. The van der Waals surface area contributed by atoms with Gasteiger partial charge in [-0.25, -0.2) is 4.39 Å². The fraction of sp³-hybridized carbons (Fsp3) is 0.400. The third-order valence-corrected chi connectivity index (χ3v) is 8.80. The van der Waals surface area contributed by atoms with Gasteiger partial charge in [0.05, 0.1) is 0 Å². The molecule has 2 aromatic rings. The van der Waals surface area contributed by atoms with E-state index in [1.54, 1.807) is 0 Å². The van der Waals surface area contributed by atoms with Gasteiger partial charge in [0.15, 0.2) is 0 Å². The van der Waals surface area contributed by atoms with Crippen LogP contribution in [0.4, 0.5) is 4.39 Å². The van der Waals surface area contributed by atoms with Gasteiger partial charge >= 0.3 is 0 Å². The van der Waals surface area contributed by atoms with Crippen LogP contribution in [-0.2, 0) is 0 Å². The van der Waals surface area contributed by atoms with Crippen molar-refractivity contribution in [3.05, 3.63) is 59.9 Å². The Morgan fingerprint density at radius 1 is 0.909 bits per heavy atom. The average molecular weight is 313 g/mol. The summed E-state index contributed by atoms with van der Waals surface area (Å²) in [6, 6.07) is 20.3. The third-order valence-electron chi connectivity index (χ3n) is 5.10. The van der Waals surface area contributed by atoms with E-state index < -0.39 is 0 Å². The van der Waals surface area contributed by atoms with Crippen molar-refractivity contribution in [2.75, 3.05) is 0 Å². The topological polar surface area (TPSA) is 0 Å². The molecule has 0 bridgehead atoms. The molecular formula is C20H25FSi. The second kappa shape index (κ2) is 7.23. The van der Waals surface area contributed by atoms with Crippen LogP contribution in [0.25, 0.3) is 11.1 Å². The van der Waals surface area contributed by atoms with Gasteiger partial charge in [-0.3, -0.25) is 0 Å². The first-order chi connectivity index (χ1) is 10.8.